The van der Waals surface area contributed by atoms with Crippen molar-refractivity contribution in [3.63, 3.8) is 0 Å². The molecule has 1 rings (SSSR count). The van der Waals surface area contributed by atoms with E-state index < -0.39 is 0 Å². The van der Waals surface area contributed by atoms with Crippen LogP contribution in [0, 0.1) is 0 Å². The van der Waals surface area contributed by atoms with Gasteiger partial charge in [0.15, 0.2) is 0 Å². The van der Waals surface area contributed by atoms with Crippen LogP contribution in [-0.2, 0) is 0 Å². The van der Waals surface area contributed by atoms with Crippen LogP contribution in [0.25, 0.3) is 0 Å². The van der Waals surface area contributed by atoms with Crippen LogP contribution < -0.4 is 5.73 Å². The number of aromatic amines is 1. The second-order valence-electron chi connectivity index (χ2n) is 1.35. The van der Waals surface area contributed by atoms with E-state index in [0.29, 0.717) is 5.88 Å². The fourth-order valence-corrected chi connectivity index (χ4v) is 0.999. The smallest absolute Gasteiger partial charge is 0.0734 e. The standard InChI is InChI=1S/C5H8N2S/c6-4-8-5-2-1-3-7-5/h1-3,7H,4,6H2. The van der Waals surface area contributed by atoms with Crippen LogP contribution in [0.15, 0.2) is 23.4 Å². The fraction of sp³-hybridized carbons (Fsp3) is 0.200. The third-order valence-electron chi connectivity index (χ3n) is 0.808. The van der Waals surface area contributed by atoms with Gasteiger partial charge in [-0.3, -0.25) is 0 Å². The first kappa shape index (κ1) is 5.72. The molecule has 0 saturated carbocycles. The summed E-state index contributed by atoms with van der Waals surface area (Å²) < 4.78 is 0. The molecule has 0 amide bonds. The van der Waals surface area contributed by atoms with Crippen molar-refractivity contribution in [1.29, 1.82) is 0 Å². The minimum absolute atomic E-state index is 0.639. The molecule has 0 spiro atoms. The highest BCUT2D eigenvalue weighted by Gasteiger charge is 1.86. The highest BCUT2D eigenvalue weighted by Crippen LogP contribution is 2.10. The van der Waals surface area contributed by atoms with Crippen LogP contribution in [0.5, 0.6) is 0 Å². The third kappa shape index (κ3) is 1.28. The van der Waals surface area contributed by atoms with Gasteiger partial charge in [-0.05, 0) is 12.1 Å². The predicted molar refractivity (Wildman–Crippen MR) is 35.7 cm³/mol. The summed E-state index contributed by atoms with van der Waals surface area (Å²) in [6.07, 6.45) is 1.89. The zero-order valence-corrected chi connectivity index (χ0v) is 5.24. The van der Waals surface area contributed by atoms with Crippen LogP contribution >= 0.6 is 11.8 Å². The topological polar surface area (TPSA) is 41.8 Å². The van der Waals surface area contributed by atoms with Crippen molar-refractivity contribution >= 4 is 11.8 Å². The minimum Gasteiger partial charge on any atom is -0.356 e. The Hall–Kier alpha value is -0.410. The van der Waals surface area contributed by atoms with E-state index in [4.69, 9.17) is 5.73 Å². The average Bonchev–Trinajstić information content (AvgIpc) is 2.19. The molecule has 0 aromatic carbocycles. The van der Waals surface area contributed by atoms with E-state index in [1.165, 1.54) is 0 Å². The number of hydrogen-bond donors (Lipinski definition) is 2. The SMILES string of the molecule is NCSc1ccc[nH]1. The Balaban J connectivity index is 2.50. The van der Waals surface area contributed by atoms with E-state index in [1.54, 1.807) is 11.8 Å². The van der Waals surface area contributed by atoms with Gasteiger partial charge in [0.1, 0.15) is 0 Å². The summed E-state index contributed by atoms with van der Waals surface area (Å²) >= 11 is 1.60. The van der Waals surface area contributed by atoms with Gasteiger partial charge in [-0.1, -0.05) is 11.8 Å². The van der Waals surface area contributed by atoms with Crippen LogP contribution in [0.1, 0.15) is 0 Å². The molecule has 1 heterocycles. The largest absolute Gasteiger partial charge is 0.356 e. The third-order valence-corrected chi connectivity index (χ3v) is 1.54. The Morgan fingerprint density at radius 1 is 1.75 bits per heavy atom. The lowest BCUT2D eigenvalue weighted by Crippen LogP contribution is -1.90. The lowest BCUT2D eigenvalue weighted by Gasteiger charge is -1.87. The maximum atomic E-state index is 5.26. The summed E-state index contributed by atoms with van der Waals surface area (Å²) in [6.45, 7) is 0. The van der Waals surface area contributed by atoms with E-state index in [-0.39, 0.29) is 0 Å². The molecular weight excluding hydrogens is 120 g/mol. The van der Waals surface area contributed by atoms with Crippen molar-refractivity contribution in [2.45, 2.75) is 5.03 Å². The average molecular weight is 128 g/mol. The molecule has 0 bridgehead atoms. The quantitative estimate of drug-likeness (QED) is 0.461. The molecular formula is C5H8N2S. The number of hydrogen-bond acceptors (Lipinski definition) is 2. The molecule has 0 atom stereocenters. The zero-order valence-electron chi connectivity index (χ0n) is 4.42. The van der Waals surface area contributed by atoms with Gasteiger partial charge in [-0.2, -0.15) is 0 Å². The molecule has 0 aliphatic rings. The lowest BCUT2D eigenvalue weighted by atomic mass is 10.7. The Morgan fingerprint density at radius 3 is 3.12 bits per heavy atom. The van der Waals surface area contributed by atoms with Crippen LogP contribution in [0.3, 0.4) is 0 Å². The van der Waals surface area contributed by atoms with Crippen molar-refractivity contribution < 1.29 is 0 Å². The highest BCUT2D eigenvalue weighted by molar-refractivity contribution is 7.99. The molecule has 3 heteroatoms. The number of H-pyrrole nitrogens is 1. The van der Waals surface area contributed by atoms with E-state index in [1.807, 2.05) is 18.3 Å². The van der Waals surface area contributed by atoms with Crippen LogP contribution in [-0.4, -0.2) is 10.9 Å². The molecule has 1 aromatic heterocycles. The Labute approximate surface area is 52.5 Å². The summed E-state index contributed by atoms with van der Waals surface area (Å²) in [6, 6.07) is 3.95. The number of nitrogens with two attached hydrogens (primary N) is 1. The van der Waals surface area contributed by atoms with Gasteiger partial charge in [0.2, 0.25) is 0 Å². The van der Waals surface area contributed by atoms with Gasteiger partial charge < -0.3 is 10.7 Å². The Kier molecular flexibility index (Phi) is 2.00. The van der Waals surface area contributed by atoms with Crippen LogP contribution in [0.2, 0.25) is 0 Å². The van der Waals surface area contributed by atoms with E-state index in [2.05, 4.69) is 4.98 Å². The van der Waals surface area contributed by atoms with Gasteiger partial charge in [-0.25, -0.2) is 0 Å². The van der Waals surface area contributed by atoms with Crippen molar-refractivity contribution in [1.82, 2.24) is 4.98 Å². The van der Waals surface area contributed by atoms with Crippen molar-refractivity contribution in [3.8, 4) is 0 Å². The normalized spacial score (nSPS) is 9.62. The second-order valence-corrected chi connectivity index (χ2v) is 2.41. The monoisotopic (exact) mass is 128 g/mol. The number of nitrogens with one attached hydrogen (secondary N) is 1. The van der Waals surface area contributed by atoms with Gasteiger partial charge in [0, 0.05) is 12.1 Å². The summed E-state index contributed by atoms with van der Waals surface area (Å²) in [4.78, 5) is 3.02. The molecule has 1 aromatic rings. The Bertz CT molecular complexity index is 136. The molecule has 0 aliphatic carbocycles. The molecule has 44 valence electrons. The van der Waals surface area contributed by atoms with Crippen molar-refractivity contribution in [2.24, 2.45) is 5.73 Å². The van der Waals surface area contributed by atoms with Crippen molar-refractivity contribution in [2.75, 3.05) is 5.88 Å². The summed E-state index contributed by atoms with van der Waals surface area (Å²) in [5, 5.41) is 1.13. The maximum absolute atomic E-state index is 5.26. The van der Waals surface area contributed by atoms with E-state index in [0.717, 1.165) is 5.03 Å². The van der Waals surface area contributed by atoms with Gasteiger partial charge in [-0.15, -0.1) is 0 Å². The van der Waals surface area contributed by atoms with Gasteiger partial charge >= 0.3 is 0 Å². The van der Waals surface area contributed by atoms with Crippen molar-refractivity contribution in [3.05, 3.63) is 18.3 Å². The molecule has 0 radical (unpaired) electrons. The molecule has 0 fully saturated rings. The molecule has 3 N–H and O–H groups in total. The zero-order chi connectivity index (χ0) is 5.82. The second kappa shape index (κ2) is 2.79. The predicted octanol–water partition coefficient (Wildman–Crippen LogP) is 1.02. The van der Waals surface area contributed by atoms with E-state index >= 15 is 0 Å². The lowest BCUT2D eigenvalue weighted by molar-refractivity contribution is 1.20. The summed E-state index contributed by atoms with van der Waals surface area (Å²) in [5.74, 6) is 0.639. The molecule has 8 heavy (non-hydrogen) atoms. The van der Waals surface area contributed by atoms with Gasteiger partial charge in [0.25, 0.3) is 0 Å². The van der Waals surface area contributed by atoms with Crippen LogP contribution in [0.4, 0.5) is 0 Å². The molecule has 0 unspecified atom stereocenters. The fourth-order valence-electron chi connectivity index (χ4n) is 0.493. The first-order valence-electron chi connectivity index (χ1n) is 2.40. The summed E-state index contributed by atoms with van der Waals surface area (Å²) in [7, 11) is 0. The number of aromatic nitrogens is 1. The number of thioether (sulfide) groups is 1. The number of rotatable bonds is 2. The molecule has 0 saturated heterocycles. The van der Waals surface area contributed by atoms with Gasteiger partial charge in [0.05, 0.1) is 5.03 Å². The minimum atomic E-state index is 0.639. The first-order valence-corrected chi connectivity index (χ1v) is 3.38. The molecule has 0 aliphatic heterocycles. The Morgan fingerprint density at radius 2 is 2.62 bits per heavy atom. The van der Waals surface area contributed by atoms with E-state index in [9.17, 15) is 0 Å². The molecule has 2 nitrogen and oxygen atoms in total. The maximum Gasteiger partial charge on any atom is 0.0734 e. The highest BCUT2D eigenvalue weighted by atomic mass is 32.2. The summed E-state index contributed by atoms with van der Waals surface area (Å²) in [5.41, 5.74) is 5.26. The first-order chi connectivity index (χ1) is 3.93.